The molecule has 1 aliphatic rings. The average Bonchev–Trinajstić information content (AvgIpc) is 3.28. The fraction of sp³-hybridized carbons (Fsp3) is 0.409. The number of rotatable bonds is 6. The summed E-state index contributed by atoms with van der Waals surface area (Å²) in [6.45, 7) is 3.19. The lowest BCUT2D eigenvalue weighted by Gasteiger charge is -2.33. The minimum absolute atomic E-state index is 0.0191. The van der Waals surface area contributed by atoms with Gasteiger partial charge in [-0.05, 0) is 42.3 Å². The summed E-state index contributed by atoms with van der Waals surface area (Å²) in [5.41, 5.74) is 1.86. The van der Waals surface area contributed by atoms with Crippen LogP contribution in [0.1, 0.15) is 35.0 Å². The zero-order valence-corrected chi connectivity index (χ0v) is 17.7. The van der Waals surface area contributed by atoms with Crippen molar-refractivity contribution < 1.29 is 14.4 Å². The minimum Gasteiger partial charge on any atom is -0.338 e. The van der Waals surface area contributed by atoms with Gasteiger partial charge in [0.15, 0.2) is 0 Å². The van der Waals surface area contributed by atoms with E-state index in [0.29, 0.717) is 25.9 Å². The monoisotopic (exact) mass is 413 g/mol. The van der Waals surface area contributed by atoms with Gasteiger partial charge in [-0.2, -0.15) is 0 Å². The Morgan fingerprint density at radius 3 is 2.52 bits per heavy atom. The molecule has 0 bridgehead atoms. The van der Waals surface area contributed by atoms with E-state index < -0.39 is 0 Å². The van der Waals surface area contributed by atoms with E-state index >= 15 is 0 Å². The number of nitrogens with zero attached hydrogens (tertiary/aromatic N) is 2. The van der Waals surface area contributed by atoms with E-state index in [-0.39, 0.29) is 30.2 Å². The van der Waals surface area contributed by atoms with Crippen molar-refractivity contribution in [2.24, 2.45) is 5.92 Å². The van der Waals surface area contributed by atoms with Crippen LogP contribution in [0.4, 0.5) is 5.69 Å². The molecule has 1 N–H and O–H groups in total. The molecule has 29 heavy (non-hydrogen) atoms. The first-order chi connectivity index (χ1) is 14.0. The van der Waals surface area contributed by atoms with E-state index in [1.165, 1.54) is 16.2 Å². The lowest BCUT2D eigenvalue weighted by Crippen LogP contribution is -2.44. The van der Waals surface area contributed by atoms with Crippen molar-refractivity contribution in [1.82, 2.24) is 9.80 Å². The summed E-state index contributed by atoms with van der Waals surface area (Å²) >= 11 is 1.44. The Hall–Kier alpha value is -2.67. The highest BCUT2D eigenvalue weighted by Gasteiger charge is 2.30. The zero-order valence-electron chi connectivity index (χ0n) is 16.9. The van der Waals surface area contributed by atoms with Crippen LogP contribution in [-0.4, -0.2) is 54.2 Å². The molecule has 0 saturated carbocycles. The predicted octanol–water partition coefficient (Wildman–Crippen LogP) is 3.26. The molecule has 0 spiro atoms. The second kappa shape index (κ2) is 9.69. The fourth-order valence-corrected chi connectivity index (χ4v) is 4.32. The summed E-state index contributed by atoms with van der Waals surface area (Å²) in [6, 6.07) is 11.4. The summed E-state index contributed by atoms with van der Waals surface area (Å²) < 4.78 is 0. The summed E-state index contributed by atoms with van der Waals surface area (Å²) in [4.78, 5) is 41.6. The standard InChI is InChI=1S/C22H27N3O3S/c1-3-16-7-4-5-8-18(16)23-20(26)15-24(2)21(27)17-10-12-25(13-11-17)22(28)19-9-6-14-29-19/h4-9,14,17H,3,10-13,15H2,1-2H3,(H,23,26). The number of likely N-dealkylation sites (N-methyl/N-ethyl adjacent to an activating group) is 1. The lowest BCUT2D eigenvalue weighted by molar-refractivity contribution is -0.138. The van der Waals surface area contributed by atoms with Crippen molar-refractivity contribution in [3.63, 3.8) is 0 Å². The molecule has 2 aromatic rings. The first-order valence-corrected chi connectivity index (χ1v) is 10.8. The number of para-hydroxylation sites is 1. The van der Waals surface area contributed by atoms with Crippen LogP contribution in [0, 0.1) is 5.92 Å². The summed E-state index contributed by atoms with van der Waals surface area (Å²) in [6.07, 6.45) is 2.08. The van der Waals surface area contributed by atoms with Crippen LogP contribution in [-0.2, 0) is 16.0 Å². The summed E-state index contributed by atoms with van der Waals surface area (Å²) in [7, 11) is 1.66. The van der Waals surface area contributed by atoms with E-state index in [1.54, 1.807) is 7.05 Å². The lowest BCUT2D eigenvalue weighted by atomic mass is 9.95. The highest BCUT2D eigenvalue weighted by molar-refractivity contribution is 7.12. The molecule has 7 heteroatoms. The van der Waals surface area contributed by atoms with E-state index in [0.717, 1.165) is 22.5 Å². The van der Waals surface area contributed by atoms with E-state index in [4.69, 9.17) is 0 Å². The highest BCUT2D eigenvalue weighted by Crippen LogP contribution is 2.22. The van der Waals surface area contributed by atoms with Crippen molar-refractivity contribution in [2.75, 3.05) is 32.0 Å². The Morgan fingerprint density at radius 1 is 1.14 bits per heavy atom. The number of aryl methyl sites for hydroxylation is 1. The molecule has 0 unspecified atom stereocenters. The molecule has 1 aliphatic heterocycles. The van der Waals surface area contributed by atoms with Gasteiger partial charge in [0.2, 0.25) is 11.8 Å². The van der Waals surface area contributed by atoms with Gasteiger partial charge < -0.3 is 15.1 Å². The zero-order chi connectivity index (χ0) is 20.8. The number of carbonyl (C=O) groups excluding carboxylic acids is 3. The van der Waals surface area contributed by atoms with E-state index in [1.807, 2.05) is 53.6 Å². The van der Waals surface area contributed by atoms with Gasteiger partial charge in [0.1, 0.15) is 0 Å². The fourth-order valence-electron chi connectivity index (χ4n) is 3.63. The van der Waals surface area contributed by atoms with Crippen LogP contribution < -0.4 is 5.32 Å². The Bertz CT molecular complexity index is 858. The minimum atomic E-state index is -0.202. The number of carbonyl (C=O) groups is 3. The topological polar surface area (TPSA) is 69.7 Å². The van der Waals surface area contributed by atoms with Crippen molar-refractivity contribution in [1.29, 1.82) is 0 Å². The number of benzene rings is 1. The van der Waals surface area contributed by atoms with Gasteiger partial charge >= 0.3 is 0 Å². The Labute approximate surface area is 175 Å². The predicted molar refractivity (Wildman–Crippen MR) is 115 cm³/mol. The van der Waals surface area contributed by atoms with Crippen molar-refractivity contribution in [3.05, 3.63) is 52.2 Å². The molecular weight excluding hydrogens is 386 g/mol. The molecule has 0 atom stereocenters. The van der Waals surface area contributed by atoms with Crippen LogP contribution in [0.25, 0.3) is 0 Å². The number of piperidine rings is 1. The molecule has 2 heterocycles. The number of anilines is 1. The maximum atomic E-state index is 12.8. The van der Waals surface area contributed by atoms with Gasteiger partial charge in [-0.1, -0.05) is 31.2 Å². The number of hydrogen-bond acceptors (Lipinski definition) is 4. The maximum absolute atomic E-state index is 12.8. The number of hydrogen-bond donors (Lipinski definition) is 1. The van der Waals surface area contributed by atoms with Crippen molar-refractivity contribution in [3.8, 4) is 0 Å². The summed E-state index contributed by atoms with van der Waals surface area (Å²) in [5, 5.41) is 4.79. The Morgan fingerprint density at radius 2 is 1.86 bits per heavy atom. The molecule has 3 amide bonds. The molecule has 0 aliphatic carbocycles. The van der Waals surface area contributed by atoms with E-state index in [2.05, 4.69) is 5.32 Å². The van der Waals surface area contributed by atoms with Crippen LogP contribution in [0.15, 0.2) is 41.8 Å². The van der Waals surface area contributed by atoms with Gasteiger partial charge in [-0.3, -0.25) is 14.4 Å². The third-order valence-electron chi connectivity index (χ3n) is 5.29. The molecule has 6 nitrogen and oxygen atoms in total. The Balaban J connectivity index is 1.49. The van der Waals surface area contributed by atoms with Crippen LogP contribution in [0.5, 0.6) is 0 Å². The van der Waals surface area contributed by atoms with Crippen LogP contribution >= 0.6 is 11.3 Å². The second-order valence-corrected chi connectivity index (χ2v) is 8.24. The maximum Gasteiger partial charge on any atom is 0.263 e. The first-order valence-electron chi connectivity index (χ1n) is 9.95. The molecule has 1 aromatic carbocycles. The highest BCUT2D eigenvalue weighted by atomic mass is 32.1. The number of thiophene rings is 1. The third-order valence-corrected chi connectivity index (χ3v) is 6.15. The van der Waals surface area contributed by atoms with Crippen LogP contribution in [0.3, 0.4) is 0 Å². The van der Waals surface area contributed by atoms with Crippen molar-refractivity contribution in [2.45, 2.75) is 26.2 Å². The normalized spacial score (nSPS) is 14.5. The third kappa shape index (κ3) is 5.23. The second-order valence-electron chi connectivity index (χ2n) is 7.30. The molecule has 1 fully saturated rings. The molecule has 1 aromatic heterocycles. The van der Waals surface area contributed by atoms with Gasteiger partial charge in [0, 0.05) is 31.7 Å². The van der Waals surface area contributed by atoms with Gasteiger partial charge in [-0.25, -0.2) is 0 Å². The van der Waals surface area contributed by atoms with Gasteiger partial charge in [-0.15, -0.1) is 11.3 Å². The van der Waals surface area contributed by atoms with Gasteiger partial charge in [0.05, 0.1) is 11.4 Å². The molecule has 1 saturated heterocycles. The molecule has 3 rings (SSSR count). The van der Waals surface area contributed by atoms with E-state index in [9.17, 15) is 14.4 Å². The number of likely N-dealkylation sites (tertiary alicyclic amines) is 1. The first kappa shape index (κ1) is 21.0. The SMILES string of the molecule is CCc1ccccc1NC(=O)CN(C)C(=O)C1CCN(C(=O)c2cccs2)CC1. The molecule has 0 radical (unpaired) electrons. The Kier molecular flexibility index (Phi) is 7.04. The molecular formula is C22H27N3O3S. The molecule has 154 valence electrons. The van der Waals surface area contributed by atoms with Crippen LogP contribution in [0.2, 0.25) is 0 Å². The number of amides is 3. The largest absolute Gasteiger partial charge is 0.338 e. The van der Waals surface area contributed by atoms with Crippen molar-refractivity contribution >= 4 is 34.7 Å². The smallest absolute Gasteiger partial charge is 0.263 e. The quantitative estimate of drug-likeness (QED) is 0.790. The summed E-state index contributed by atoms with van der Waals surface area (Å²) in [5.74, 6) is -0.351. The van der Waals surface area contributed by atoms with Gasteiger partial charge in [0.25, 0.3) is 5.91 Å². The number of nitrogens with one attached hydrogen (secondary N) is 1. The average molecular weight is 414 g/mol.